The van der Waals surface area contributed by atoms with E-state index in [0.29, 0.717) is 16.1 Å². The molecule has 0 bridgehead atoms. The Morgan fingerprint density at radius 2 is 2.12 bits per heavy atom. The van der Waals surface area contributed by atoms with Crippen molar-refractivity contribution in [2.75, 3.05) is 0 Å². The summed E-state index contributed by atoms with van der Waals surface area (Å²) in [5.41, 5.74) is 0.723. The molecule has 7 nitrogen and oxygen atoms in total. The highest BCUT2D eigenvalue weighted by atomic mass is 35.5. The van der Waals surface area contributed by atoms with Gasteiger partial charge in [-0.15, -0.1) is 0 Å². The molecule has 0 aliphatic rings. The van der Waals surface area contributed by atoms with Gasteiger partial charge >= 0.3 is 5.69 Å². The van der Waals surface area contributed by atoms with Gasteiger partial charge in [-0.3, -0.25) is 10.1 Å². The Kier molecular flexibility index (Phi) is 4.62. The summed E-state index contributed by atoms with van der Waals surface area (Å²) in [6, 6.07) is 8.52. The first kappa shape index (κ1) is 16.8. The third-order valence-corrected chi connectivity index (χ3v) is 3.60. The van der Waals surface area contributed by atoms with Gasteiger partial charge in [0.05, 0.1) is 4.92 Å². The van der Waals surface area contributed by atoms with Gasteiger partial charge in [-0.2, -0.15) is 4.98 Å². The van der Waals surface area contributed by atoms with Crippen LogP contribution in [0.3, 0.4) is 0 Å². The molecule has 3 rings (SSSR count). The average Bonchev–Trinajstić information content (AvgIpc) is 3.04. The molecule has 2 aromatic carbocycles. The summed E-state index contributed by atoms with van der Waals surface area (Å²) in [5.74, 6) is -0.114. The summed E-state index contributed by atoms with van der Waals surface area (Å²) in [7, 11) is 0. The highest BCUT2D eigenvalue weighted by Crippen LogP contribution is 2.30. The summed E-state index contributed by atoms with van der Waals surface area (Å²) >= 11 is 5.83. The van der Waals surface area contributed by atoms with Crippen LogP contribution in [0, 0.1) is 22.9 Å². The third-order valence-electron chi connectivity index (χ3n) is 3.37. The molecule has 3 aromatic rings. The molecule has 25 heavy (non-hydrogen) atoms. The summed E-state index contributed by atoms with van der Waals surface area (Å²) in [4.78, 5) is 14.5. The van der Waals surface area contributed by atoms with E-state index in [1.54, 1.807) is 19.1 Å². The van der Waals surface area contributed by atoms with Crippen LogP contribution in [0.25, 0.3) is 11.4 Å². The Bertz CT molecular complexity index is 945. The van der Waals surface area contributed by atoms with Gasteiger partial charge in [0.25, 0.3) is 5.89 Å². The minimum absolute atomic E-state index is 0.0152. The third kappa shape index (κ3) is 3.74. The first-order valence-corrected chi connectivity index (χ1v) is 7.47. The molecule has 1 aromatic heterocycles. The van der Waals surface area contributed by atoms with Gasteiger partial charge < -0.3 is 9.26 Å². The zero-order valence-corrected chi connectivity index (χ0v) is 13.7. The van der Waals surface area contributed by atoms with E-state index in [1.807, 2.05) is 0 Å². The minimum atomic E-state index is -0.583. The molecule has 0 aliphatic heterocycles. The van der Waals surface area contributed by atoms with Crippen LogP contribution in [-0.4, -0.2) is 15.1 Å². The largest absolute Gasteiger partial charge is 0.477 e. The van der Waals surface area contributed by atoms with Crippen molar-refractivity contribution in [3.63, 3.8) is 0 Å². The molecule has 0 aliphatic carbocycles. The molecular weight excluding hydrogens is 353 g/mol. The molecule has 0 N–H and O–H groups in total. The Balaban J connectivity index is 1.77. The number of hydrogen-bond donors (Lipinski definition) is 0. The van der Waals surface area contributed by atoms with Crippen LogP contribution in [0.5, 0.6) is 5.75 Å². The van der Waals surface area contributed by atoms with E-state index >= 15 is 0 Å². The van der Waals surface area contributed by atoms with E-state index < -0.39 is 4.92 Å². The monoisotopic (exact) mass is 363 g/mol. The molecule has 128 valence electrons. The van der Waals surface area contributed by atoms with Crippen LogP contribution in [0.15, 0.2) is 40.9 Å². The van der Waals surface area contributed by atoms with Crippen LogP contribution in [-0.2, 0) is 6.61 Å². The fourth-order valence-electron chi connectivity index (χ4n) is 2.06. The topological polar surface area (TPSA) is 91.3 Å². The number of hydrogen-bond acceptors (Lipinski definition) is 6. The predicted molar refractivity (Wildman–Crippen MR) is 86.9 cm³/mol. The molecule has 0 radical (unpaired) electrons. The van der Waals surface area contributed by atoms with Gasteiger partial charge in [0.2, 0.25) is 5.82 Å². The van der Waals surface area contributed by atoms with E-state index in [2.05, 4.69) is 10.1 Å². The zero-order chi connectivity index (χ0) is 18.0. The highest BCUT2D eigenvalue weighted by molar-refractivity contribution is 6.30. The van der Waals surface area contributed by atoms with Crippen LogP contribution >= 0.6 is 11.6 Å². The molecule has 9 heteroatoms. The molecule has 0 saturated heterocycles. The maximum atomic E-state index is 13.6. The van der Waals surface area contributed by atoms with Crippen molar-refractivity contribution in [3.8, 4) is 17.1 Å². The number of halogens is 2. The smallest absolute Gasteiger partial charge is 0.311 e. The quantitative estimate of drug-likeness (QED) is 0.495. The number of nitrogens with zero attached hydrogens (tertiary/aromatic N) is 3. The van der Waals surface area contributed by atoms with Crippen LogP contribution < -0.4 is 4.74 Å². The number of benzene rings is 2. The SMILES string of the molecule is Cc1ccc(-c2noc(COc3cc(Cl)ccc3[N+](=O)[O-])n2)cc1F. The summed E-state index contributed by atoms with van der Waals surface area (Å²) in [5, 5.41) is 15.0. The summed E-state index contributed by atoms with van der Waals surface area (Å²) in [6.07, 6.45) is 0. The van der Waals surface area contributed by atoms with E-state index in [4.69, 9.17) is 20.9 Å². The van der Waals surface area contributed by atoms with E-state index in [-0.39, 0.29) is 35.6 Å². The Morgan fingerprint density at radius 1 is 1.32 bits per heavy atom. The van der Waals surface area contributed by atoms with Crippen LogP contribution in [0.1, 0.15) is 11.5 Å². The maximum absolute atomic E-state index is 13.6. The fraction of sp³-hybridized carbons (Fsp3) is 0.125. The second-order valence-electron chi connectivity index (χ2n) is 5.13. The number of aromatic nitrogens is 2. The lowest BCUT2D eigenvalue weighted by atomic mass is 10.1. The normalized spacial score (nSPS) is 10.7. The van der Waals surface area contributed by atoms with E-state index in [0.717, 1.165) is 0 Å². The highest BCUT2D eigenvalue weighted by Gasteiger charge is 2.17. The number of rotatable bonds is 5. The predicted octanol–water partition coefficient (Wildman–Crippen LogP) is 4.32. The Morgan fingerprint density at radius 3 is 2.84 bits per heavy atom. The van der Waals surface area contributed by atoms with Crippen molar-refractivity contribution in [1.82, 2.24) is 10.1 Å². The van der Waals surface area contributed by atoms with Gasteiger partial charge in [0.1, 0.15) is 5.82 Å². The second kappa shape index (κ2) is 6.86. The standard InChI is InChI=1S/C16H11ClFN3O4/c1-9-2-3-10(6-12(9)18)16-19-15(25-20-16)8-24-14-7-11(17)4-5-13(14)21(22)23/h2-7H,8H2,1H3. The molecule has 0 amide bonds. The van der Waals surface area contributed by atoms with Gasteiger partial charge in [0, 0.05) is 22.7 Å². The van der Waals surface area contributed by atoms with Crippen molar-refractivity contribution in [2.45, 2.75) is 13.5 Å². The zero-order valence-electron chi connectivity index (χ0n) is 12.9. The number of aryl methyl sites for hydroxylation is 1. The van der Waals surface area contributed by atoms with Gasteiger partial charge in [-0.25, -0.2) is 4.39 Å². The lowest BCUT2D eigenvalue weighted by Gasteiger charge is -2.04. The first-order valence-electron chi connectivity index (χ1n) is 7.10. The number of nitro groups is 1. The summed E-state index contributed by atoms with van der Waals surface area (Å²) < 4.78 is 24.0. The maximum Gasteiger partial charge on any atom is 0.311 e. The Hall–Kier alpha value is -3.00. The molecule has 1 heterocycles. The van der Waals surface area contributed by atoms with E-state index in [1.165, 1.54) is 24.3 Å². The number of nitro benzene ring substituents is 1. The van der Waals surface area contributed by atoms with Crippen molar-refractivity contribution >= 4 is 17.3 Å². The first-order chi connectivity index (χ1) is 11.9. The molecule has 0 spiro atoms. The van der Waals surface area contributed by atoms with E-state index in [9.17, 15) is 14.5 Å². The molecule has 0 fully saturated rings. The molecule has 0 atom stereocenters. The van der Waals surface area contributed by atoms with Crippen molar-refractivity contribution in [2.24, 2.45) is 0 Å². The average molecular weight is 364 g/mol. The molecular formula is C16H11ClFN3O4. The minimum Gasteiger partial charge on any atom is -0.477 e. The van der Waals surface area contributed by atoms with Crippen molar-refractivity contribution < 1.29 is 18.6 Å². The molecule has 0 saturated carbocycles. The Labute approximate surface area is 146 Å². The lowest BCUT2D eigenvalue weighted by molar-refractivity contribution is -0.386. The second-order valence-corrected chi connectivity index (χ2v) is 5.57. The van der Waals surface area contributed by atoms with Crippen molar-refractivity contribution in [1.29, 1.82) is 0 Å². The van der Waals surface area contributed by atoms with Gasteiger partial charge in [-0.1, -0.05) is 28.9 Å². The summed E-state index contributed by atoms with van der Waals surface area (Å²) in [6.45, 7) is 1.45. The lowest BCUT2D eigenvalue weighted by Crippen LogP contribution is -1.99. The van der Waals surface area contributed by atoms with Crippen LogP contribution in [0.4, 0.5) is 10.1 Å². The van der Waals surface area contributed by atoms with Gasteiger partial charge in [0.15, 0.2) is 12.4 Å². The van der Waals surface area contributed by atoms with Crippen molar-refractivity contribution in [3.05, 3.63) is 68.8 Å². The molecule has 0 unspecified atom stereocenters. The van der Waals surface area contributed by atoms with Gasteiger partial charge in [-0.05, 0) is 24.6 Å². The number of ether oxygens (including phenoxy) is 1. The fourth-order valence-corrected chi connectivity index (χ4v) is 2.22. The van der Waals surface area contributed by atoms with Crippen LogP contribution in [0.2, 0.25) is 5.02 Å².